The van der Waals surface area contributed by atoms with Gasteiger partial charge in [0.05, 0.1) is 23.5 Å². The van der Waals surface area contributed by atoms with Crippen molar-refractivity contribution in [2.24, 2.45) is 0 Å². The minimum atomic E-state index is 0.572. The molecule has 3 aromatic heterocycles. The summed E-state index contributed by atoms with van der Waals surface area (Å²) < 4.78 is 3.79. The van der Waals surface area contributed by atoms with E-state index in [0.717, 1.165) is 29.0 Å². The van der Waals surface area contributed by atoms with Crippen molar-refractivity contribution in [1.29, 1.82) is 0 Å². The van der Waals surface area contributed by atoms with Crippen molar-refractivity contribution in [1.82, 2.24) is 19.2 Å². The topological polar surface area (TPSA) is 52.2 Å². The highest BCUT2D eigenvalue weighted by molar-refractivity contribution is 5.78. The van der Waals surface area contributed by atoms with E-state index in [4.69, 9.17) is 0 Å². The third kappa shape index (κ3) is 1.93. The Morgan fingerprint density at radius 2 is 2.16 bits per heavy atom. The van der Waals surface area contributed by atoms with Gasteiger partial charge >= 0.3 is 0 Å². The number of aryl methyl sites for hydroxylation is 1. The fourth-order valence-corrected chi connectivity index (χ4v) is 2.25. The normalized spacial score (nSPS) is 11.1. The molecule has 0 aromatic carbocycles. The van der Waals surface area contributed by atoms with E-state index in [1.165, 1.54) is 0 Å². The van der Waals surface area contributed by atoms with Gasteiger partial charge in [-0.05, 0) is 26.0 Å². The lowest BCUT2D eigenvalue weighted by Gasteiger charge is -2.00. The maximum absolute atomic E-state index is 11.0. The number of carbonyl (C=O) groups excluding carboxylic acids is 1. The van der Waals surface area contributed by atoms with Gasteiger partial charge in [-0.15, -0.1) is 0 Å². The van der Waals surface area contributed by atoms with Crippen LogP contribution in [0.1, 0.15) is 27.4 Å². The van der Waals surface area contributed by atoms with E-state index in [-0.39, 0.29) is 0 Å². The van der Waals surface area contributed by atoms with Crippen molar-refractivity contribution in [3.8, 4) is 0 Å². The van der Waals surface area contributed by atoms with Gasteiger partial charge in [0.15, 0.2) is 6.29 Å². The van der Waals surface area contributed by atoms with Gasteiger partial charge < -0.3 is 4.40 Å². The Balaban J connectivity index is 1.98. The molecule has 0 spiro atoms. The monoisotopic (exact) mass is 254 g/mol. The zero-order valence-electron chi connectivity index (χ0n) is 10.9. The summed E-state index contributed by atoms with van der Waals surface area (Å²) in [6.07, 6.45) is 4.80. The Labute approximate surface area is 110 Å². The molecule has 19 heavy (non-hydrogen) atoms. The van der Waals surface area contributed by atoms with E-state index < -0.39 is 0 Å². The first-order valence-electron chi connectivity index (χ1n) is 6.11. The second-order valence-electron chi connectivity index (χ2n) is 4.56. The molecule has 3 rings (SSSR count). The largest absolute Gasteiger partial charge is 0.307 e. The molecule has 0 radical (unpaired) electrons. The van der Waals surface area contributed by atoms with E-state index in [0.29, 0.717) is 12.1 Å². The lowest BCUT2D eigenvalue weighted by Crippen LogP contribution is -2.04. The lowest BCUT2D eigenvalue weighted by atomic mass is 10.2. The lowest BCUT2D eigenvalue weighted by molar-refractivity contribution is 0.112. The summed E-state index contributed by atoms with van der Waals surface area (Å²) in [5.41, 5.74) is 4.15. The van der Waals surface area contributed by atoms with Crippen LogP contribution in [0.2, 0.25) is 0 Å². The molecule has 0 unspecified atom stereocenters. The van der Waals surface area contributed by atoms with Crippen LogP contribution in [-0.2, 0) is 6.54 Å². The van der Waals surface area contributed by atoms with Gasteiger partial charge in [-0.3, -0.25) is 9.48 Å². The fraction of sp³-hybridized carbons (Fsp3) is 0.214. The first kappa shape index (κ1) is 11.6. The van der Waals surface area contributed by atoms with E-state index in [1.54, 1.807) is 0 Å². The summed E-state index contributed by atoms with van der Waals surface area (Å²) in [5, 5.41) is 4.38. The highest BCUT2D eigenvalue weighted by Crippen LogP contribution is 2.13. The summed E-state index contributed by atoms with van der Waals surface area (Å²) in [5.74, 6) is 0. The van der Waals surface area contributed by atoms with Crippen LogP contribution >= 0.6 is 0 Å². The fourth-order valence-electron chi connectivity index (χ4n) is 2.25. The zero-order chi connectivity index (χ0) is 13.4. The minimum Gasteiger partial charge on any atom is -0.307 e. The van der Waals surface area contributed by atoms with Crippen LogP contribution in [0.4, 0.5) is 0 Å². The summed E-state index contributed by atoms with van der Waals surface area (Å²) in [4.78, 5) is 15.5. The third-order valence-electron chi connectivity index (χ3n) is 3.28. The second kappa shape index (κ2) is 4.35. The van der Waals surface area contributed by atoms with Gasteiger partial charge in [0.25, 0.3) is 0 Å². The molecule has 96 valence electrons. The Morgan fingerprint density at radius 3 is 2.84 bits per heavy atom. The molecule has 0 aliphatic heterocycles. The van der Waals surface area contributed by atoms with Crippen LogP contribution in [0.5, 0.6) is 0 Å². The highest BCUT2D eigenvalue weighted by Gasteiger charge is 2.11. The molecule has 0 aliphatic rings. The smallest absolute Gasteiger partial charge is 0.153 e. The van der Waals surface area contributed by atoms with E-state index >= 15 is 0 Å². The van der Waals surface area contributed by atoms with Crippen molar-refractivity contribution >= 4 is 11.9 Å². The maximum Gasteiger partial charge on any atom is 0.153 e. The summed E-state index contributed by atoms with van der Waals surface area (Å²) in [6, 6.07) is 5.88. The van der Waals surface area contributed by atoms with Crippen LogP contribution in [0.15, 0.2) is 30.6 Å². The number of fused-ring (bicyclic) bond motifs is 1. The molecule has 0 amide bonds. The highest BCUT2D eigenvalue weighted by atomic mass is 16.1. The predicted molar refractivity (Wildman–Crippen MR) is 71.4 cm³/mol. The average Bonchev–Trinajstić information content (AvgIpc) is 2.91. The molecule has 0 bridgehead atoms. The van der Waals surface area contributed by atoms with Crippen molar-refractivity contribution < 1.29 is 4.79 Å². The predicted octanol–water partition coefficient (Wildman–Crippen LogP) is 2.01. The van der Waals surface area contributed by atoms with Crippen molar-refractivity contribution in [2.45, 2.75) is 20.4 Å². The van der Waals surface area contributed by atoms with Gasteiger partial charge in [-0.2, -0.15) is 5.10 Å². The number of carbonyl (C=O) groups is 1. The zero-order valence-corrected chi connectivity index (χ0v) is 10.9. The summed E-state index contributed by atoms with van der Waals surface area (Å²) in [7, 11) is 0. The molecule has 0 atom stereocenters. The number of hydrogen-bond acceptors (Lipinski definition) is 3. The molecule has 0 fully saturated rings. The van der Waals surface area contributed by atoms with E-state index in [9.17, 15) is 4.79 Å². The Hall–Kier alpha value is -2.43. The summed E-state index contributed by atoms with van der Waals surface area (Å²) >= 11 is 0. The third-order valence-corrected chi connectivity index (χ3v) is 3.28. The van der Waals surface area contributed by atoms with Gasteiger partial charge in [-0.25, -0.2) is 4.98 Å². The first-order valence-corrected chi connectivity index (χ1v) is 6.11. The quantitative estimate of drug-likeness (QED) is 0.672. The molecule has 0 saturated heterocycles. The Kier molecular flexibility index (Phi) is 2.67. The average molecular weight is 254 g/mol. The van der Waals surface area contributed by atoms with Crippen LogP contribution in [0.25, 0.3) is 5.65 Å². The van der Waals surface area contributed by atoms with Crippen LogP contribution < -0.4 is 0 Å². The number of rotatable bonds is 3. The number of imidazole rings is 1. The standard InChI is InChI=1S/C14H14N4O/c1-10-13(9-19)11(2)18(16-10)8-12-7-17-6-4-3-5-14(17)15-12/h3-7,9H,8H2,1-2H3. The van der Waals surface area contributed by atoms with E-state index in [2.05, 4.69) is 10.1 Å². The number of pyridine rings is 1. The van der Waals surface area contributed by atoms with Crippen LogP contribution in [0, 0.1) is 13.8 Å². The molecular formula is C14H14N4O. The molecule has 0 saturated carbocycles. The van der Waals surface area contributed by atoms with Gasteiger partial charge in [0.1, 0.15) is 5.65 Å². The van der Waals surface area contributed by atoms with Crippen LogP contribution in [-0.4, -0.2) is 25.5 Å². The van der Waals surface area contributed by atoms with E-state index in [1.807, 2.05) is 53.5 Å². The first-order chi connectivity index (χ1) is 9.19. The van der Waals surface area contributed by atoms with Gasteiger partial charge in [0.2, 0.25) is 0 Å². The van der Waals surface area contributed by atoms with Crippen molar-refractivity contribution in [3.63, 3.8) is 0 Å². The second-order valence-corrected chi connectivity index (χ2v) is 4.56. The molecule has 3 heterocycles. The van der Waals surface area contributed by atoms with Gasteiger partial charge in [0, 0.05) is 18.1 Å². The number of nitrogens with zero attached hydrogens (tertiary/aromatic N) is 4. The SMILES string of the molecule is Cc1nn(Cc2cn3ccccc3n2)c(C)c1C=O. The molecule has 3 aromatic rings. The Morgan fingerprint density at radius 1 is 1.32 bits per heavy atom. The van der Waals surface area contributed by atoms with Gasteiger partial charge in [-0.1, -0.05) is 6.07 Å². The molecule has 0 aliphatic carbocycles. The maximum atomic E-state index is 11.0. The molecule has 0 N–H and O–H groups in total. The molecule has 5 nitrogen and oxygen atoms in total. The Bertz CT molecular complexity index is 721. The van der Waals surface area contributed by atoms with Crippen molar-refractivity contribution in [2.75, 3.05) is 0 Å². The minimum absolute atomic E-state index is 0.572. The van der Waals surface area contributed by atoms with Crippen molar-refractivity contribution in [3.05, 3.63) is 53.2 Å². The number of aldehydes is 1. The number of aromatic nitrogens is 4. The van der Waals surface area contributed by atoms with Crippen LogP contribution in [0.3, 0.4) is 0 Å². The molecular weight excluding hydrogens is 240 g/mol. The number of hydrogen-bond donors (Lipinski definition) is 0. The molecule has 5 heteroatoms. The summed E-state index contributed by atoms with van der Waals surface area (Å²) in [6.45, 7) is 4.32.